The Hall–Kier alpha value is -0.420. The number of hydrogen-bond acceptors (Lipinski definition) is 4. The molecule has 0 saturated heterocycles. The van der Waals surface area contributed by atoms with E-state index in [0.29, 0.717) is 0 Å². The molecule has 0 rings (SSSR count). The molecule has 0 aromatic heterocycles. The predicted molar refractivity (Wildman–Crippen MR) is 50.2 cm³/mol. The molecule has 0 radical (unpaired) electrons. The zero-order chi connectivity index (χ0) is 11.0. The van der Waals surface area contributed by atoms with Crippen LogP contribution in [0.25, 0.3) is 0 Å². The smallest absolute Gasteiger partial charge is 0.403 e. The molecular formula is C7H16NO5P. The first kappa shape index (κ1) is 13.6. The van der Waals surface area contributed by atoms with Gasteiger partial charge < -0.3 is 9.63 Å². The Kier molecular flexibility index (Phi) is 6.74. The number of ether oxygens (including phenoxy) is 1. The van der Waals surface area contributed by atoms with E-state index in [0.717, 1.165) is 19.3 Å². The molecule has 0 saturated carbocycles. The number of esters is 1. The summed E-state index contributed by atoms with van der Waals surface area (Å²) in [5, 5.41) is 0. The third-order valence-corrected chi connectivity index (χ3v) is 1.92. The summed E-state index contributed by atoms with van der Waals surface area (Å²) >= 11 is 0. The van der Waals surface area contributed by atoms with Crippen LogP contribution in [-0.2, 0) is 18.6 Å². The second kappa shape index (κ2) is 6.95. The average Bonchev–Trinajstić information content (AvgIpc) is 2.02. The monoisotopic (exact) mass is 225 g/mol. The minimum Gasteiger partial charge on any atom is -0.438 e. The van der Waals surface area contributed by atoms with Crippen molar-refractivity contribution in [2.45, 2.75) is 32.6 Å². The van der Waals surface area contributed by atoms with Crippen molar-refractivity contribution in [2.75, 3.05) is 6.79 Å². The highest BCUT2D eigenvalue weighted by Gasteiger charge is 2.12. The van der Waals surface area contributed by atoms with Gasteiger partial charge in [0.2, 0.25) is 6.79 Å². The summed E-state index contributed by atoms with van der Waals surface area (Å²) in [7, 11) is -4.03. The van der Waals surface area contributed by atoms with Gasteiger partial charge in [0, 0.05) is 6.42 Å². The fourth-order valence-corrected chi connectivity index (χ4v) is 0.963. The van der Waals surface area contributed by atoms with Crippen LogP contribution in [-0.4, -0.2) is 17.7 Å². The fraction of sp³-hybridized carbons (Fsp3) is 0.857. The largest absolute Gasteiger partial charge is 0.438 e. The van der Waals surface area contributed by atoms with E-state index in [4.69, 9.17) is 4.89 Å². The van der Waals surface area contributed by atoms with Crippen LogP contribution in [0.4, 0.5) is 0 Å². The van der Waals surface area contributed by atoms with E-state index in [9.17, 15) is 9.36 Å². The van der Waals surface area contributed by atoms with Crippen molar-refractivity contribution in [3.8, 4) is 0 Å². The first-order valence-electron chi connectivity index (χ1n) is 4.37. The maximum Gasteiger partial charge on any atom is 0.403 e. The Morgan fingerprint density at radius 1 is 1.50 bits per heavy atom. The van der Waals surface area contributed by atoms with Gasteiger partial charge in [-0.25, -0.2) is 10.1 Å². The maximum atomic E-state index is 10.9. The van der Waals surface area contributed by atoms with Gasteiger partial charge in [-0.1, -0.05) is 19.8 Å². The van der Waals surface area contributed by atoms with Crippen LogP contribution in [0.1, 0.15) is 32.6 Å². The minimum atomic E-state index is -4.03. The molecule has 7 heteroatoms. The van der Waals surface area contributed by atoms with Crippen LogP contribution in [0.3, 0.4) is 0 Å². The van der Waals surface area contributed by atoms with Gasteiger partial charge in [-0.05, 0) is 6.42 Å². The highest BCUT2D eigenvalue weighted by atomic mass is 31.2. The Balaban J connectivity index is 3.41. The summed E-state index contributed by atoms with van der Waals surface area (Å²) in [4.78, 5) is 19.4. The van der Waals surface area contributed by atoms with Gasteiger partial charge in [-0.3, -0.25) is 9.32 Å². The molecule has 0 spiro atoms. The van der Waals surface area contributed by atoms with E-state index >= 15 is 0 Å². The Labute approximate surface area is 83.0 Å². The molecule has 0 aliphatic heterocycles. The second-order valence-electron chi connectivity index (χ2n) is 2.78. The topological polar surface area (TPSA) is 98.9 Å². The van der Waals surface area contributed by atoms with E-state index < -0.39 is 20.5 Å². The maximum absolute atomic E-state index is 10.9. The van der Waals surface area contributed by atoms with E-state index in [2.05, 4.69) is 14.8 Å². The molecule has 0 aliphatic rings. The van der Waals surface area contributed by atoms with Crippen molar-refractivity contribution in [2.24, 2.45) is 5.50 Å². The first-order chi connectivity index (χ1) is 6.45. The van der Waals surface area contributed by atoms with E-state index in [-0.39, 0.29) is 6.42 Å². The van der Waals surface area contributed by atoms with Crippen LogP contribution in [0, 0.1) is 0 Å². The summed E-state index contributed by atoms with van der Waals surface area (Å²) in [6.07, 6.45) is 3.00. The van der Waals surface area contributed by atoms with Crippen molar-refractivity contribution < 1.29 is 23.5 Å². The van der Waals surface area contributed by atoms with Crippen LogP contribution >= 0.6 is 7.75 Å². The summed E-state index contributed by atoms with van der Waals surface area (Å²) in [6.45, 7) is 1.44. The lowest BCUT2D eigenvalue weighted by molar-refractivity contribution is -0.150. The zero-order valence-electron chi connectivity index (χ0n) is 8.14. The van der Waals surface area contributed by atoms with Gasteiger partial charge in [0.25, 0.3) is 0 Å². The van der Waals surface area contributed by atoms with Gasteiger partial charge in [0.15, 0.2) is 0 Å². The number of unbranched alkanes of at least 4 members (excludes halogenated alkanes) is 2. The summed E-state index contributed by atoms with van der Waals surface area (Å²) < 4.78 is 19.0. The average molecular weight is 225 g/mol. The third kappa shape index (κ3) is 9.67. The van der Waals surface area contributed by atoms with Gasteiger partial charge in [0.05, 0.1) is 0 Å². The van der Waals surface area contributed by atoms with E-state index in [1.165, 1.54) is 0 Å². The van der Waals surface area contributed by atoms with Gasteiger partial charge in [-0.2, -0.15) is 0 Å². The molecule has 0 aliphatic carbocycles. The molecule has 0 bridgehead atoms. The lowest BCUT2D eigenvalue weighted by Gasteiger charge is -2.06. The van der Waals surface area contributed by atoms with Crippen molar-refractivity contribution >= 4 is 13.7 Å². The van der Waals surface area contributed by atoms with E-state index in [1.807, 2.05) is 6.92 Å². The Morgan fingerprint density at radius 2 is 2.14 bits per heavy atom. The molecule has 1 unspecified atom stereocenters. The first-order valence-corrected chi connectivity index (χ1v) is 6.02. The molecule has 0 aromatic rings. The van der Waals surface area contributed by atoms with Gasteiger partial charge in [-0.15, -0.1) is 0 Å². The molecule has 84 valence electrons. The molecule has 0 heterocycles. The number of rotatable bonds is 7. The zero-order valence-corrected chi connectivity index (χ0v) is 9.03. The highest BCUT2D eigenvalue weighted by Crippen LogP contribution is 2.30. The quantitative estimate of drug-likeness (QED) is 0.292. The molecule has 0 aromatic carbocycles. The molecular weight excluding hydrogens is 209 g/mol. The van der Waals surface area contributed by atoms with Crippen LogP contribution < -0.4 is 5.50 Å². The number of carbonyl (C=O) groups is 1. The highest BCUT2D eigenvalue weighted by molar-refractivity contribution is 7.50. The van der Waals surface area contributed by atoms with Crippen molar-refractivity contribution in [3.05, 3.63) is 0 Å². The van der Waals surface area contributed by atoms with Gasteiger partial charge in [0.1, 0.15) is 0 Å². The summed E-state index contributed by atoms with van der Waals surface area (Å²) in [5.41, 5.74) is 4.64. The minimum absolute atomic E-state index is 0.289. The summed E-state index contributed by atoms with van der Waals surface area (Å²) in [6, 6.07) is 0. The Morgan fingerprint density at radius 3 is 2.64 bits per heavy atom. The lowest BCUT2D eigenvalue weighted by atomic mass is 10.2. The third-order valence-electron chi connectivity index (χ3n) is 1.44. The van der Waals surface area contributed by atoms with Crippen molar-refractivity contribution in [1.29, 1.82) is 0 Å². The van der Waals surface area contributed by atoms with E-state index in [1.54, 1.807) is 0 Å². The molecule has 0 amide bonds. The Bertz CT molecular complexity index is 214. The normalized spacial score (nSPS) is 14.8. The molecule has 6 nitrogen and oxygen atoms in total. The molecule has 1 atom stereocenters. The molecule has 14 heavy (non-hydrogen) atoms. The lowest BCUT2D eigenvalue weighted by Crippen LogP contribution is -2.09. The van der Waals surface area contributed by atoms with Gasteiger partial charge >= 0.3 is 13.7 Å². The second-order valence-corrected chi connectivity index (χ2v) is 4.17. The number of nitrogens with two attached hydrogens (primary N) is 1. The SMILES string of the molecule is CCCCCC(=O)OCOP(N)(=O)O. The predicted octanol–water partition coefficient (Wildman–Crippen LogP) is 1.14. The van der Waals surface area contributed by atoms with Crippen LogP contribution in [0.15, 0.2) is 0 Å². The van der Waals surface area contributed by atoms with Crippen molar-refractivity contribution in [1.82, 2.24) is 0 Å². The number of hydrogen-bond donors (Lipinski definition) is 2. The summed E-state index contributed by atoms with van der Waals surface area (Å²) in [5.74, 6) is -0.452. The van der Waals surface area contributed by atoms with Crippen LogP contribution in [0.5, 0.6) is 0 Å². The molecule has 3 N–H and O–H groups in total. The molecule has 0 fully saturated rings. The van der Waals surface area contributed by atoms with Crippen molar-refractivity contribution in [3.63, 3.8) is 0 Å². The standard InChI is InChI=1S/C7H16NO5P/c1-2-3-4-5-7(9)12-6-13-14(8,10)11/h2-6H2,1H3,(H3,8,10,11). The fourth-order valence-electron chi connectivity index (χ4n) is 0.759. The number of carbonyl (C=O) groups excluding carboxylic acids is 1. The van der Waals surface area contributed by atoms with Crippen LogP contribution in [0.2, 0.25) is 0 Å².